The molecule has 0 aliphatic heterocycles. The van der Waals surface area contributed by atoms with Crippen molar-refractivity contribution < 1.29 is 14.7 Å². The molecule has 4 N–H and O–H groups in total. The number of urea groups is 1. The van der Waals surface area contributed by atoms with Gasteiger partial charge in [0, 0.05) is 24.4 Å². The number of imidazole rings is 1. The van der Waals surface area contributed by atoms with Crippen molar-refractivity contribution in [2.75, 3.05) is 0 Å². The maximum Gasteiger partial charge on any atom is 0.326 e. The molecule has 1 heterocycles. The molecule has 1 saturated carbocycles. The number of carbonyl (C=O) groups is 2. The van der Waals surface area contributed by atoms with Crippen LogP contribution in [0.3, 0.4) is 0 Å². The lowest BCUT2D eigenvalue weighted by Gasteiger charge is -2.14. The van der Waals surface area contributed by atoms with E-state index in [0.717, 1.165) is 6.42 Å². The topological polar surface area (TPSA) is 107 Å². The highest BCUT2D eigenvalue weighted by Crippen LogP contribution is 2.28. The number of H-pyrrole nitrogens is 1. The Kier molecular flexibility index (Phi) is 3.50. The van der Waals surface area contributed by atoms with Gasteiger partial charge < -0.3 is 20.7 Å². The minimum Gasteiger partial charge on any atom is -0.480 e. The summed E-state index contributed by atoms with van der Waals surface area (Å²) in [7, 11) is 0. The van der Waals surface area contributed by atoms with Crippen molar-refractivity contribution in [1.29, 1.82) is 0 Å². The molecule has 1 aromatic rings. The summed E-state index contributed by atoms with van der Waals surface area (Å²) in [5.74, 6) is -0.588. The van der Waals surface area contributed by atoms with Crippen molar-refractivity contribution in [3.63, 3.8) is 0 Å². The van der Waals surface area contributed by atoms with Gasteiger partial charge in [0.2, 0.25) is 0 Å². The van der Waals surface area contributed by atoms with E-state index in [1.54, 1.807) is 6.20 Å². The van der Waals surface area contributed by atoms with Crippen LogP contribution in [0.5, 0.6) is 0 Å². The van der Waals surface area contributed by atoms with Gasteiger partial charge in [-0.1, -0.05) is 6.92 Å². The first-order valence-electron chi connectivity index (χ1n) is 5.83. The molecule has 7 heteroatoms. The molecule has 7 nitrogen and oxygen atoms in total. The lowest BCUT2D eigenvalue weighted by Crippen LogP contribution is -2.47. The number of aromatic amines is 1. The number of rotatable bonds is 5. The predicted molar refractivity (Wildman–Crippen MR) is 63.0 cm³/mol. The minimum absolute atomic E-state index is 0.173. The molecule has 0 aromatic carbocycles. The van der Waals surface area contributed by atoms with Gasteiger partial charge in [-0.2, -0.15) is 0 Å². The van der Waals surface area contributed by atoms with Crippen molar-refractivity contribution in [2.45, 2.75) is 31.8 Å². The number of nitrogens with zero attached hydrogens (tertiary/aromatic N) is 1. The van der Waals surface area contributed by atoms with Gasteiger partial charge in [0.1, 0.15) is 6.04 Å². The molecular formula is C11H16N4O3. The number of hydrogen-bond acceptors (Lipinski definition) is 3. The zero-order valence-electron chi connectivity index (χ0n) is 10.0. The van der Waals surface area contributed by atoms with Crippen LogP contribution in [0.15, 0.2) is 12.5 Å². The Hall–Kier alpha value is -2.05. The standard InChI is InChI=1S/C11H16N4O3/c1-6-2-8(6)14-11(18)15-9(10(16)17)3-7-4-12-5-13-7/h4-6,8-9H,2-3H2,1H3,(H,12,13)(H,16,17)(H2,14,15,18). The van der Waals surface area contributed by atoms with Crippen molar-refractivity contribution in [2.24, 2.45) is 5.92 Å². The van der Waals surface area contributed by atoms with Gasteiger partial charge in [-0.3, -0.25) is 0 Å². The monoisotopic (exact) mass is 252 g/mol. The zero-order chi connectivity index (χ0) is 13.1. The number of nitrogens with one attached hydrogen (secondary N) is 3. The van der Waals surface area contributed by atoms with Crippen LogP contribution in [-0.4, -0.2) is 39.2 Å². The number of hydrogen-bond donors (Lipinski definition) is 4. The quantitative estimate of drug-likeness (QED) is 0.596. The normalized spacial score (nSPS) is 23.2. The van der Waals surface area contributed by atoms with Crippen LogP contribution in [0.2, 0.25) is 0 Å². The Morgan fingerprint density at radius 3 is 2.89 bits per heavy atom. The third-order valence-electron chi connectivity index (χ3n) is 3.01. The van der Waals surface area contributed by atoms with Gasteiger partial charge in [-0.15, -0.1) is 0 Å². The third kappa shape index (κ3) is 3.22. The molecule has 1 aliphatic rings. The first-order valence-corrected chi connectivity index (χ1v) is 5.83. The highest BCUT2D eigenvalue weighted by Gasteiger charge is 2.34. The molecule has 1 fully saturated rings. The maximum absolute atomic E-state index is 11.6. The van der Waals surface area contributed by atoms with Crippen LogP contribution >= 0.6 is 0 Å². The van der Waals surface area contributed by atoms with Gasteiger partial charge >= 0.3 is 12.0 Å². The fourth-order valence-corrected chi connectivity index (χ4v) is 1.71. The van der Waals surface area contributed by atoms with Crippen LogP contribution in [0.25, 0.3) is 0 Å². The molecule has 0 spiro atoms. The van der Waals surface area contributed by atoms with E-state index in [1.165, 1.54) is 6.33 Å². The number of amides is 2. The maximum atomic E-state index is 11.6. The van der Waals surface area contributed by atoms with E-state index < -0.39 is 18.0 Å². The highest BCUT2D eigenvalue weighted by atomic mass is 16.4. The number of aliphatic carboxylic acids is 1. The number of carbonyl (C=O) groups excluding carboxylic acids is 1. The SMILES string of the molecule is CC1CC1NC(=O)NC(Cc1cnc[nH]1)C(=O)O. The smallest absolute Gasteiger partial charge is 0.326 e. The molecule has 1 aliphatic carbocycles. The third-order valence-corrected chi connectivity index (χ3v) is 3.01. The summed E-state index contributed by atoms with van der Waals surface area (Å²) in [4.78, 5) is 29.2. The predicted octanol–water partition coefficient (Wildman–Crippen LogP) is 0.113. The van der Waals surface area contributed by atoms with E-state index in [1.807, 2.05) is 6.92 Å². The molecule has 2 amide bonds. The van der Waals surface area contributed by atoms with E-state index in [9.17, 15) is 9.59 Å². The largest absolute Gasteiger partial charge is 0.480 e. The van der Waals surface area contributed by atoms with E-state index >= 15 is 0 Å². The molecule has 18 heavy (non-hydrogen) atoms. The second-order valence-electron chi connectivity index (χ2n) is 4.61. The Labute approximate surface area is 104 Å². The van der Waals surface area contributed by atoms with Crippen molar-refractivity contribution in [3.05, 3.63) is 18.2 Å². The number of aromatic nitrogens is 2. The second kappa shape index (κ2) is 5.07. The van der Waals surface area contributed by atoms with E-state index in [4.69, 9.17) is 5.11 Å². The van der Waals surface area contributed by atoms with Gasteiger partial charge in [-0.05, 0) is 12.3 Å². The molecule has 3 unspecified atom stereocenters. The summed E-state index contributed by atoms with van der Waals surface area (Å²) >= 11 is 0. The van der Waals surface area contributed by atoms with E-state index in [0.29, 0.717) is 11.6 Å². The van der Waals surface area contributed by atoms with Crippen LogP contribution in [0, 0.1) is 5.92 Å². The minimum atomic E-state index is -1.07. The van der Waals surface area contributed by atoms with Gasteiger partial charge in [0.05, 0.1) is 6.33 Å². The summed E-state index contributed by atoms with van der Waals surface area (Å²) in [5.41, 5.74) is 0.669. The van der Waals surface area contributed by atoms with Crippen LogP contribution in [0.4, 0.5) is 4.79 Å². The second-order valence-corrected chi connectivity index (χ2v) is 4.61. The fraction of sp³-hybridized carbons (Fsp3) is 0.545. The molecule has 3 atom stereocenters. The average molecular weight is 252 g/mol. The Bertz CT molecular complexity index is 432. The zero-order valence-corrected chi connectivity index (χ0v) is 10.0. The summed E-state index contributed by atoms with van der Waals surface area (Å²) < 4.78 is 0. The summed E-state index contributed by atoms with van der Waals surface area (Å²) in [5, 5.41) is 14.2. The Morgan fingerprint density at radius 1 is 1.67 bits per heavy atom. The van der Waals surface area contributed by atoms with Crippen LogP contribution in [0.1, 0.15) is 19.0 Å². The van der Waals surface area contributed by atoms with Crippen LogP contribution in [-0.2, 0) is 11.2 Å². The lowest BCUT2D eigenvalue weighted by atomic mass is 10.2. The summed E-state index contributed by atoms with van der Waals surface area (Å²) in [6.45, 7) is 2.03. The average Bonchev–Trinajstić information content (AvgIpc) is 2.80. The molecule has 0 bridgehead atoms. The highest BCUT2D eigenvalue weighted by molar-refractivity contribution is 5.83. The Balaban J connectivity index is 1.85. The molecule has 98 valence electrons. The van der Waals surface area contributed by atoms with Crippen molar-refractivity contribution >= 4 is 12.0 Å². The Morgan fingerprint density at radius 2 is 2.39 bits per heavy atom. The van der Waals surface area contributed by atoms with E-state index in [-0.39, 0.29) is 12.5 Å². The molecule has 2 rings (SSSR count). The van der Waals surface area contributed by atoms with Gasteiger partial charge in [0.25, 0.3) is 0 Å². The summed E-state index contributed by atoms with van der Waals surface area (Å²) in [6.07, 6.45) is 4.15. The number of carboxylic acids is 1. The first-order chi connectivity index (χ1) is 8.56. The van der Waals surface area contributed by atoms with Gasteiger partial charge in [-0.25, -0.2) is 14.6 Å². The fourth-order valence-electron chi connectivity index (χ4n) is 1.71. The molecule has 0 radical (unpaired) electrons. The van der Waals surface area contributed by atoms with Gasteiger partial charge in [0.15, 0.2) is 0 Å². The number of carboxylic acid groups (broad SMARTS) is 1. The summed E-state index contributed by atoms with van der Waals surface area (Å²) in [6, 6.07) is -1.22. The molecule has 1 aromatic heterocycles. The molecular weight excluding hydrogens is 236 g/mol. The van der Waals surface area contributed by atoms with E-state index in [2.05, 4.69) is 20.6 Å². The van der Waals surface area contributed by atoms with Crippen LogP contribution < -0.4 is 10.6 Å². The first kappa shape index (κ1) is 12.4. The lowest BCUT2D eigenvalue weighted by molar-refractivity contribution is -0.139. The molecule has 0 saturated heterocycles. The van der Waals surface area contributed by atoms with Crippen molar-refractivity contribution in [1.82, 2.24) is 20.6 Å². The van der Waals surface area contributed by atoms with Crippen molar-refractivity contribution in [3.8, 4) is 0 Å².